The van der Waals surface area contributed by atoms with Crippen molar-refractivity contribution in [1.29, 1.82) is 0 Å². The van der Waals surface area contributed by atoms with E-state index in [-0.39, 0.29) is 6.61 Å². The third-order valence-corrected chi connectivity index (χ3v) is 2.30. The maximum atomic E-state index is 11.6. The number of nitrogens with zero attached hydrogens (tertiary/aromatic N) is 1. The first kappa shape index (κ1) is 11.3. The number of alkyl halides is 2. The number of ether oxygens (including phenoxy) is 1. The summed E-state index contributed by atoms with van der Waals surface area (Å²) in [5.74, 6) is 0. The molecule has 1 N–H and O–H groups in total. The summed E-state index contributed by atoms with van der Waals surface area (Å²) in [5, 5.41) is 5.69. The Bertz CT molecular complexity index is 268. The van der Waals surface area contributed by atoms with Gasteiger partial charge in [0.05, 0.1) is 12.3 Å². The lowest BCUT2D eigenvalue weighted by molar-refractivity contribution is 0.0215. The van der Waals surface area contributed by atoms with Crippen LogP contribution in [0.15, 0.2) is 5.38 Å². The largest absolute Gasteiger partial charge is 0.374 e. The number of thiazole rings is 1. The van der Waals surface area contributed by atoms with Gasteiger partial charge in [0.1, 0.15) is 6.61 Å². The van der Waals surface area contributed by atoms with E-state index in [9.17, 15) is 8.78 Å². The molecule has 0 aliphatic carbocycles. The molecule has 3 nitrogen and oxygen atoms in total. The number of nitrogens with one attached hydrogen (secondary N) is 1. The van der Waals surface area contributed by atoms with Crippen molar-refractivity contribution in [3.05, 3.63) is 11.1 Å². The van der Waals surface area contributed by atoms with Crippen LogP contribution >= 0.6 is 11.3 Å². The zero-order chi connectivity index (χ0) is 10.4. The van der Waals surface area contributed by atoms with Gasteiger partial charge in [-0.1, -0.05) is 0 Å². The second kappa shape index (κ2) is 5.87. The van der Waals surface area contributed by atoms with E-state index in [4.69, 9.17) is 0 Å². The van der Waals surface area contributed by atoms with E-state index in [2.05, 4.69) is 15.0 Å². The molecule has 0 aromatic carbocycles. The summed E-state index contributed by atoms with van der Waals surface area (Å²) < 4.78 is 28.0. The minimum atomic E-state index is -2.39. The van der Waals surface area contributed by atoms with Crippen LogP contribution < -0.4 is 5.32 Å². The fourth-order valence-corrected chi connectivity index (χ4v) is 1.55. The summed E-state index contributed by atoms with van der Waals surface area (Å²) in [5.41, 5.74) is 0.950. The van der Waals surface area contributed by atoms with E-state index in [0.29, 0.717) is 6.54 Å². The Morgan fingerprint density at radius 3 is 3.00 bits per heavy atom. The van der Waals surface area contributed by atoms with Gasteiger partial charge in [-0.3, -0.25) is 0 Å². The van der Waals surface area contributed by atoms with E-state index in [0.717, 1.165) is 10.8 Å². The predicted octanol–water partition coefficient (Wildman–Crippen LogP) is 2.15. The molecule has 1 heterocycles. The third-order valence-electron chi connectivity index (χ3n) is 1.39. The molecule has 0 aliphatic heterocycles. The topological polar surface area (TPSA) is 34.1 Å². The van der Waals surface area contributed by atoms with E-state index in [1.807, 2.05) is 12.3 Å². The fraction of sp³-hybridized carbons (Fsp3) is 0.625. The molecule has 0 saturated carbocycles. The average molecular weight is 222 g/mol. The van der Waals surface area contributed by atoms with Crippen molar-refractivity contribution in [3.8, 4) is 0 Å². The first-order chi connectivity index (χ1) is 6.68. The van der Waals surface area contributed by atoms with Crippen LogP contribution in [0.25, 0.3) is 0 Å². The smallest absolute Gasteiger partial charge is 0.261 e. The lowest BCUT2D eigenvalue weighted by Crippen LogP contribution is -2.12. The Kier molecular flexibility index (Phi) is 4.75. The zero-order valence-electron chi connectivity index (χ0n) is 7.80. The number of anilines is 1. The number of hydrogen-bond donors (Lipinski definition) is 1. The molecule has 0 aliphatic rings. The lowest BCUT2D eigenvalue weighted by atomic mass is 10.6. The highest BCUT2D eigenvalue weighted by Crippen LogP contribution is 2.13. The molecule has 80 valence electrons. The SMILES string of the molecule is Cc1csc(NCCOCC(F)F)n1. The molecular weight excluding hydrogens is 210 g/mol. The van der Waals surface area contributed by atoms with Gasteiger partial charge in [-0.2, -0.15) is 0 Å². The minimum Gasteiger partial charge on any atom is -0.374 e. The highest BCUT2D eigenvalue weighted by atomic mass is 32.1. The molecule has 0 atom stereocenters. The van der Waals surface area contributed by atoms with Crippen LogP contribution in [0.1, 0.15) is 5.69 Å². The number of halogens is 2. The maximum absolute atomic E-state index is 11.6. The van der Waals surface area contributed by atoms with Gasteiger partial charge in [-0.05, 0) is 6.92 Å². The standard InChI is InChI=1S/C8H12F2N2OS/c1-6-5-14-8(12-6)11-2-3-13-4-7(9)10/h5,7H,2-4H2,1H3,(H,11,12). The van der Waals surface area contributed by atoms with Gasteiger partial charge in [0.15, 0.2) is 5.13 Å². The van der Waals surface area contributed by atoms with Gasteiger partial charge >= 0.3 is 0 Å². The van der Waals surface area contributed by atoms with Crippen LogP contribution in [0.2, 0.25) is 0 Å². The van der Waals surface area contributed by atoms with E-state index < -0.39 is 13.0 Å². The summed E-state index contributed by atoms with van der Waals surface area (Å²) in [6.45, 7) is 2.16. The highest BCUT2D eigenvalue weighted by molar-refractivity contribution is 7.13. The molecule has 1 rings (SSSR count). The van der Waals surface area contributed by atoms with Crippen molar-refractivity contribution in [2.24, 2.45) is 0 Å². The first-order valence-corrected chi connectivity index (χ1v) is 5.08. The Labute approximate surface area is 85.1 Å². The van der Waals surface area contributed by atoms with Crippen LogP contribution in [-0.2, 0) is 4.74 Å². The number of hydrogen-bond acceptors (Lipinski definition) is 4. The molecule has 14 heavy (non-hydrogen) atoms. The van der Waals surface area contributed by atoms with Gasteiger partial charge in [-0.25, -0.2) is 13.8 Å². The van der Waals surface area contributed by atoms with Crippen LogP contribution in [0.5, 0.6) is 0 Å². The second-order valence-corrected chi connectivity index (χ2v) is 3.54. The Hall–Kier alpha value is -0.750. The molecule has 0 unspecified atom stereocenters. The van der Waals surface area contributed by atoms with E-state index >= 15 is 0 Å². The number of aromatic nitrogens is 1. The summed E-state index contributed by atoms with van der Waals surface area (Å²) in [7, 11) is 0. The van der Waals surface area contributed by atoms with Crippen LogP contribution in [-0.4, -0.2) is 31.2 Å². The number of aryl methyl sites for hydroxylation is 1. The molecule has 6 heteroatoms. The van der Waals surface area contributed by atoms with Gasteiger partial charge in [-0.15, -0.1) is 11.3 Å². The lowest BCUT2D eigenvalue weighted by Gasteiger charge is -2.03. The molecule has 0 bridgehead atoms. The van der Waals surface area contributed by atoms with Crippen molar-refractivity contribution < 1.29 is 13.5 Å². The molecule has 0 amide bonds. The molecule has 0 fully saturated rings. The molecular formula is C8H12F2N2OS. The van der Waals surface area contributed by atoms with Gasteiger partial charge < -0.3 is 10.1 Å². The molecule has 0 spiro atoms. The van der Waals surface area contributed by atoms with Gasteiger partial charge in [0.25, 0.3) is 6.43 Å². The summed E-state index contributed by atoms with van der Waals surface area (Å²) in [6, 6.07) is 0. The van der Waals surface area contributed by atoms with Crippen molar-refractivity contribution >= 4 is 16.5 Å². The molecule has 0 saturated heterocycles. The van der Waals surface area contributed by atoms with Crippen molar-refractivity contribution in [3.63, 3.8) is 0 Å². The normalized spacial score (nSPS) is 10.9. The van der Waals surface area contributed by atoms with Crippen molar-refractivity contribution in [2.75, 3.05) is 25.1 Å². The summed E-state index contributed by atoms with van der Waals surface area (Å²) >= 11 is 1.49. The number of rotatable bonds is 6. The van der Waals surface area contributed by atoms with E-state index in [1.165, 1.54) is 11.3 Å². The third kappa shape index (κ3) is 4.48. The summed E-state index contributed by atoms with van der Waals surface area (Å²) in [6.07, 6.45) is -2.39. The highest BCUT2D eigenvalue weighted by Gasteiger charge is 2.01. The zero-order valence-corrected chi connectivity index (χ0v) is 8.61. The van der Waals surface area contributed by atoms with E-state index in [1.54, 1.807) is 0 Å². The fourth-order valence-electron chi connectivity index (χ4n) is 0.838. The Morgan fingerprint density at radius 2 is 2.43 bits per heavy atom. The second-order valence-electron chi connectivity index (χ2n) is 2.69. The quantitative estimate of drug-likeness (QED) is 0.749. The Morgan fingerprint density at radius 1 is 1.64 bits per heavy atom. The van der Waals surface area contributed by atoms with Crippen LogP contribution in [0.3, 0.4) is 0 Å². The van der Waals surface area contributed by atoms with Gasteiger partial charge in [0.2, 0.25) is 0 Å². The van der Waals surface area contributed by atoms with Crippen molar-refractivity contribution in [1.82, 2.24) is 4.98 Å². The van der Waals surface area contributed by atoms with Crippen molar-refractivity contribution in [2.45, 2.75) is 13.3 Å². The monoisotopic (exact) mass is 222 g/mol. The predicted molar refractivity (Wildman–Crippen MR) is 52.2 cm³/mol. The Balaban J connectivity index is 2.04. The summed E-state index contributed by atoms with van der Waals surface area (Å²) in [4.78, 5) is 4.15. The average Bonchev–Trinajstić information content (AvgIpc) is 2.50. The molecule has 0 radical (unpaired) electrons. The van der Waals surface area contributed by atoms with Gasteiger partial charge in [0, 0.05) is 11.9 Å². The molecule has 1 aromatic rings. The van der Waals surface area contributed by atoms with Crippen LogP contribution in [0.4, 0.5) is 13.9 Å². The minimum absolute atomic E-state index is 0.267. The first-order valence-electron chi connectivity index (χ1n) is 4.20. The molecule has 1 aromatic heterocycles. The maximum Gasteiger partial charge on any atom is 0.261 e. The van der Waals surface area contributed by atoms with Crippen LogP contribution in [0, 0.1) is 6.92 Å².